The molecule has 1 aromatic heterocycles. The highest BCUT2D eigenvalue weighted by Gasteiger charge is 2.20. The summed E-state index contributed by atoms with van der Waals surface area (Å²) in [4.78, 5) is 19.1. The number of esters is 1. The first-order chi connectivity index (χ1) is 8.01. The topological polar surface area (TPSA) is 42.4 Å². The minimum Gasteiger partial charge on any atom is -0.461 e. The summed E-state index contributed by atoms with van der Waals surface area (Å²) >= 11 is 1.54. The quantitative estimate of drug-likeness (QED) is 0.760. The molecule has 1 heterocycles. The standard InChI is InChI=1S/C12H20N2O2S/c1-6-14(8(3)4)12-13-10(9(5)17-12)11(15)16-7-2/h8H,6-7H2,1-5H3. The molecule has 0 unspecified atom stereocenters. The number of anilines is 1. The van der Waals surface area contributed by atoms with Gasteiger partial charge in [0.2, 0.25) is 0 Å². The molecular formula is C12H20N2O2S. The summed E-state index contributed by atoms with van der Waals surface area (Å²) in [6.07, 6.45) is 0. The number of thiazole rings is 1. The molecule has 0 radical (unpaired) electrons. The van der Waals surface area contributed by atoms with Crippen molar-refractivity contribution in [2.75, 3.05) is 18.1 Å². The van der Waals surface area contributed by atoms with Crippen molar-refractivity contribution in [1.82, 2.24) is 4.98 Å². The van der Waals surface area contributed by atoms with Crippen LogP contribution in [0.4, 0.5) is 5.13 Å². The Bertz CT molecular complexity index is 388. The summed E-state index contributed by atoms with van der Waals surface area (Å²) in [5.74, 6) is -0.327. The van der Waals surface area contributed by atoms with Crippen LogP contribution in [0, 0.1) is 6.92 Å². The molecule has 0 fully saturated rings. The Morgan fingerprint density at radius 1 is 1.47 bits per heavy atom. The lowest BCUT2D eigenvalue weighted by molar-refractivity contribution is 0.0519. The molecule has 0 aliphatic rings. The molecule has 0 aliphatic heterocycles. The predicted molar refractivity (Wildman–Crippen MR) is 71.0 cm³/mol. The van der Waals surface area contributed by atoms with E-state index in [2.05, 4.69) is 30.7 Å². The van der Waals surface area contributed by atoms with Gasteiger partial charge in [0.25, 0.3) is 0 Å². The van der Waals surface area contributed by atoms with E-state index in [1.807, 2.05) is 6.92 Å². The monoisotopic (exact) mass is 256 g/mol. The molecule has 0 N–H and O–H groups in total. The summed E-state index contributed by atoms with van der Waals surface area (Å²) in [5.41, 5.74) is 0.450. The van der Waals surface area contributed by atoms with Gasteiger partial charge in [0, 0.05) is 17.5 Å². The van der Waals surface area contributed by atoms with Crippen molar-refractivity contribution in [3.63, 3.8) is 0 Å². The van der Waals surface area contributed by atoms with Crippen LogP contribution in [0.15, 0.2) is 0 Å². The van der Waals surface area contributed by atoms with Gasteiger partial charge in [-0.05, 0) is 34.6 Å². The van der Waals surface area contributed by atoms with Gasteiger partial charge in [0.05, 0.1) is 6.61 Å². The number of nitrogens with zero attached hydrogens (tertiary/aromatic N) is 2. The molecule has 17 heavy (non-hydrogen) atoms. The molecule has 0 spiro atoms. The van der Waals surface area contributed by atoms with Crippen molar-refractivity contribution in [2.24, 2.45) is 0 Å². The first-order valence-corrected chi connectivity index (χ1v) is 6.74. The molecule has 0 aromatic carbocycles. The van der Waals surface area contributed by atoms with E-state index in [-0.39, 0.29) is 5.97 Å². The number of hydrogen-bond donors (Lipinski definition) is 0. The second-order valence-corrected chi connectivity index (χ2v) is 5.18. The third kappa shape index (κ3) is 3.19. The minimum atomic E-state index is -0.327. The highest BCUT2D eigenvalue weighted by molar-refractivity contribution is 7.15. The van der Waals surface area contributed by atoms with Gasteiger partial charge >= 0.3 is 5.97 Å². The zero-order valence-electron chi connectivity index (χ0n) is 11.1. The zero-order valence-corrected chi connectivity index (χ0v) is 11.9. The van der Waals surface area contributed by atoms with E-state index in [1.165, 1.54) is 0 Å². The number of rotatable bonds is 5. The Labute approximate surface area is 107 Å². The van der Waals surface area contributed by atoms with E-state index in [4.69, 9.17) is 4.74 Å². The van der Waals surface area contributed by atoms with Gasteiger partial charge in [-0.25, -0.2) is 9.78 Å². The summed E-state index contributed by atoms with van der Waals surface area (Å²) < 4.78 is 4.98. The largest absolute Gasteiger partial charge is 0.461 e. The molecule has 0 bridgehead atoms. The van der Waals surface area contributed by atoms with E-state index in [1.54, 1.807) is 18.3 Å². The summed E-state index contributed by atoms with van der Waals surface area (Å²) in [7, 11) is 0. The van der Waals surface area contributed by atoms with E-state index < -0.39 is 0 Å². The first kappa shape index (κ1) is 14.0. The Hall–Kier alpha value is -1.10. The van der Waals surface area contributed by atoms with Gasteiger partial charge in [-0.15, -0.1) is 11.3 Å². The van der Waals surface area contributed by atoms with Gasteiger partial charge in [-0.1, -0.05) is 0 Å². The van der Waals surface area contributed by atoms with Crippen LogP contribution in [-0.2, 0) is 4.74 Å². The van der Waals surface area contributed by atoms with E-state index >= 15 is 0 Å². The molecule has 0 saturated heterocycles. The fourth-order valence-electron chi connectivity index (χ4n) is 1.62. The molecule has 0 aliphatic carbocycles. The highest BCUT2D eigenvalue weighted by Crippen LogP contribution is 2.27. The van der Waals surface area contributed by atoms with Crippen molar-refractivity contribution in [1.29, 1.82) is 0 Å². The summed E-state index contributed by atoms with van der Waals surface area (Å²) in [5, 5.41) is 0.892. The van der Waals surface area contributed by atoms with E-state index in [9.17, 15) is 4.79 Å². The van der Waals surface area contributed by atoms with Crippen LogP contribution in [0.25, 0.3) is 0 Å². The van der Waals surface area contributed by atoms with E-state index in [0.717, 1.165) is 16.6 Å². The maximum Gasteiger partial charge on any atom is 0.358 e. The van der Waals surface area contributed by atoms with Crippen LogP contribution in [-0.4, -0.2) is 30.1 Å². The van der Waals surface area contributed by atoms with Crippen molar-refractivity contribution in [3.05, 3.63) is 10.6 Å². The fraction of sp³-hybridized carbons (Fsp3) is 0.667. The van der Waals surface area contributed by atoms with Crippen LogP contribution in [0.1, 0.15) is 43.1 Å². The van der Waals surface area contributed by atoms with Gasteiger partial charge in [-0.3, -0.25) is 0 Å². The number of carbonyl (C=O) groups excluding carboxylic acids is 1. The predicted octanol–water partition coefficient (Wildman–Crippen LogP) is 2.86. The lowest BCUT2D eigenvalue weighted by Gasteiger charge is -2.23. The van der Waals surface area contributed by atoms with Gasteiger partial charge in [0.1, 0.15) is 0 Å². The second-order valence-electron chi connectivity index (χ2n) is 4.00. The SMILES string of the molecule is CCOC(=O)c1nc(N(CC)C(C)C)sc1C. The van der Waals surface area contributed by atoms with Crippen LogP contribution in [0.3, 0.4) is 0 Å². The minimum absolute atomic E-state index is 0.327. The van der Waals surface area contributed by atoms with Crippen LogP contribution in [0.2, 0.25) is 0 Å². The van der Waals surface area contributed by atoms with Crippen molar-refractivity contribution >= 4 is 22.4 Å². The highest BCUT2D eigenvalue weighted by atomic mass is 32.1. The summed E-state index contributed by atoms with van der Waals surface area (Å²) in [6, 6.07) is 0.376. The molecular weight excluding hydrogens is 236 g/mol. The maximum absolute atomic E-state index is 11.7. The Morgan fingerprint density at radius 2 is 2.12 bits per heavy atom. The molecule has 1 rings (SSSR count). The number of carbonyl (C=O) groups is 1. The zero-order chi connectivity index (χ0) is 13.0. The Kier molecular flexibility index (Phi) is 4.93. The van der Waals surface area contributed by atoms with Crippen molar-refractivity contribution in [2.45, 2.75) is 40.7 Å². The van der Waals surface area contributed by atoms with Crippen LogP contribution < -0.4 is 4.90 Å². The number of aromatic nitrogens is 1. The number of hydrogen-bond acceptors (Lipinski definition) is 5. The Balaban J connectivity index is 2.98. The third-order valence-corrected chi connectivity index (χ3v) is 3.47. The van der Waals surface area contributed by atoms with Crippen molar-refractivity contribution in [3.8, 4) is 0 Å². The second kappa shape index (κ2) is 6.00. The molecule has 4 nitrogen and oxygen atoms in total. The average molecular weight is 256 g/mol. The lowest BCUT2D eigenvalue weighted by atomic mass is 10.3. The third-order valence-electron chi connectivity index (χ3n) is 2.46. The molecule has 0 amide bonds. The molecule has 96 valence electrons. The van der Waals surface area contributed by atoms with Crippen LogP contribution in [0.5, 0.6) is 0 Å². The number of aryl methyl sites for hydroxylation is 1. The summed E-state index contributed by atoms with van der Waals surface area (Å²) in [6.45, 7) is 11.3. The van der Waals surface area contributed by atoms with Crippen LogP contribution >= 0.6 is 11.3 Å². The van der Waals surface area contributed by atoms with Gasteiger partial charge in [0.15, 0.2) is 10.8 Å². The average Bonchev–Trinajstić information content (AvgIpc) is 2.61. The normalized spacial score (nSPS) is 10.7. The first-order valence-electron chi connectivity index (χ1n) is 5.92. The Morgan fingerprint density at radius 3 is 2.59 bits per heavy atom. The molecule has 0 saturated carbocycles. The van der Waals surface area contributed by atoms with Gasteiger partial charge < -0.3 is 9.64 Å². The number of ether oxygens (including phenoxy) is 1. The van der Waals surface area contributed by atoms with Crippen molar-refractivity contribution < 1.29 is 9.53 Å². The molecule has 5 heteroatoms. The van der Waals surface area contributed by atoms with E-state index in [0.29, 0.717) is 18.3 Å². The van der Waals surface area contributed by atoms with Gasteiger partial charge in [-0.2, -0.15) is 0 Å². The molecule has 0 atom stereocenters. The lowest BCUT2D eigenvalue weighted by Crippen LogP contribution is -2.30. The molecule has 1 aromatic rings. The fourth-order valence-corrected chi connectivity index (χ4v) is 2.71. The maximum atomic E-state index is 11.7. The smallest absolute Gasteiger partial charge is 0.358 e.